The van der Waals surface area contributed by atoms with Crippen LogP contribution in [0.3, 0.4) is 0 Å². The number of aliphatic carboxylic acids is 1. The minimum absolute atomic E-state index is 0.0624. The molecule has 8 nitrogen and oxygen atoms in total. The van der Waals surface area contributed by atoms with Crippen LogP contribution >= 0.6 is 11.8 Å². The second kappa shape index (κ2) is 7.58. The molecule has 1 unspecified atom stereocenters. The SMILES string of the molecule is COCCn1c(SCC(=O)O)nnc1C1COCCO1. The lowest BCUT2D eigenvalue weighted by atomic mass is 10.3. The normalized spacial score (nSPS) is 19.1. The van der Waals surface area contributed by atoms with Crippen LogP contribution in [0.4, 0.5) is 0 Å². The average molecular weight is 303 g/mol. The molecule has 2 heterocycles. The first-order valence-electron chi connectivity index (χ1n) is 6.18. The van der Waals surface area contributed by atoms with Crippen molar-refractivity contribution in [1.29, 1.82) is 0 Å². The maximum absolute atomic E-state index is 10.7. The Hall–Kier alpha value is -1.16. The number of carboxylic acids is 1. The van der Waals surface area contributed by atoms with Crippen molar-refractivity contribution in [2.75, 3.05) is 39.3 Å². The second-order valence-corrected chi connectivity index (χ2v) is 5.04. The van der Waals surface area contributed by atoms with Gasteiger partial charge in [-0.05, 0) is 0 Å². The third-order valence-corrected chi connectivity index (χ3v) is 3.64. The van der Waals surface area contributed by atoms with Crippen molar-refractivity contribution >= 4 is 17.7 Å². The zero-order valence-corrected chi connectivity index (χ0v) is 12.0. The fourth-order valence-electron chi connectivity index (χ4n) is 1.80. The Morgan fingerprint density at radius 3 is 3.05 bits per heavy atom. The summed E-state index contributed by atoms with van der Waals surface area (Å²) in [5.41, 5.74) is 0. The van der Waals surface area contributed by atoms with Gasteiger partial charge in [0, 0.05) is 13.7 Å². The Balaban J connectivity index is 2.14. The molecule has 2 rings (SSSR count). The molecule has 0 saturated carbocycles. The van der Waals surface area contributed by atoms with Crippen LogP contribution in [0.15, 0.2) is 5.16 Å². The molecule has 0 aliphatic carbocycles. The zero-order chi connectivity index (χ0) is 14.4. The second-order valence-electron chi connectivity index (χ2n) is 4.10. The molecule has 0 radical (unpaired) electrons. The summed E-state index contributed by atoms with van der Waals surface area (Å²) in [7, 11) is 1.61. The highest BCUT2D eigenvalue weighted by Crippen LogP contribution is 2.24. The molecule has 0 amide bonds. The van der Waals surface area contributed by atoms with Gasteiger partial charge in [-0.2, -0.15) is 0 Å². The van der Waals surface area contributed by atoms with E-state index in [0.29, 0.717) is 44.0 Å². The van der Waals surface area contributed by atoms with Gasteiger partial charge in [-0.25, -0.2) is 0 Å². The van der Waals surface area contributed by atoms with E-state index in [1.54, 1.807) is 7.11 Å². The van der Waals surface area contributed by atoms with E-state index in [1.807, 2.05) is 4.57 Å². The number of hydrogen-bond acceptors (Lipinski definition) is 7. The molecule has 1 N–H and O–H groups in total. The number of rotatable bonds is 7. The van der Waals surface area contributed by atoms with E-state index < -0.39 is 5.97 Å². The van der Waals surface area contributed by atoms with Gasteiger partial charge in [-0.15, -0.1) is 10.2 Å². The number of methoxy groups -OCH3 is 1. The predicted octanol–water partition coefficient (Wildman–Crippen LogP) is 0.189. The van der Waals surface area contributed by atoms with Crippen molar-refractivity contribution in [3.63, 3.8) is 0 Å². The van der Waals surface area contributed by atoms with Gasteiger partial charge in [0.1, 0.15) is 6.10 Å². The van der Waals surface area contributed by atoms with Crippen LogP contribution in [0, 0.1) is 0 Å². The highest BCUT2D eigenvalue weighted by molar-refractivity contribution is 7.99. The molecule has 0 bridgehead atoms. The highest BCUT2D eigenvalue weighted by Gasteiger charge is 2.25. The number of nitrogens with zero attached hydrogens (tertiary/aromatic N) is 3. The predicted molar refractivity (Wildman–Crippen MR) is 69.8 cm³/mol. The summed E-state index contributed by atoms with van der Waals surface area (Å²) in [6.45, 7) is 2.54. The number of carbonyl (C=O) groups is 1. The van der Waals surface area contributed by atoms with Crippen molar-refractivity contribution < 1.29 is 24.1 Å². The largest absolute Gasteiger partial charge is 0.481 e. The summed E-state index contributed by atoms with van der Waals surface area (Å²) in [6.07, 6.45) is -0.271. The number of hydrogen-bond donors (Lipinski definition) is 1. The highest BCUT2D eigenvalue weighted by atomic mass is 32.2. The fourth-order valence-corrected chi connectivity index (χ4v) is 2.49. The molecule has 1 atom stereocenters. The summed E-state index contributed by atoms with van der Waals surface area (Å²) < 4.78 is 17.9. The molecule has 1 aromatic heterocycles. The van der Waals surface area contributed by atoms with Gasteiger partial charge in [-0.1, -0.05) is 11.8 Å². The zero-order valence-electron chi connectivity index (χ0n) is 11.2. The molecule has 20 heavy (non-hydrogen) atoms. The van der Waals surface area contributed by atoms with E-state index in [9.17, 15) is 4.79 Å². The number of carboxylic acid groups (broad SMARTS) is 1. The van der Waals surface area contributed by atoms with E-state index in [-0.39, 0.29) is 11.9 Å². The van der Waals surface area contributed by atoms with Crippen LogP contribution in [0.1, 0.15) is 11.9 Å². The van der Waals surface area contributed by atoms with Gasteiger partial charge in [0.15, 0.2) is 11.0 Å². The van der Waals surface area contributed by atoms with Crippen LogP contribution in [0.2, 0.25) is 0 Å². The van der Waals surface area contributed by atoms with Gasteiger partial charge < -0.3 is 23.9 Å². The third kappa shape index (κ3) is 3.92. The Bertz CT molecular complexity index is 447. The molecule has 1 saturated heterocycles. The molecule has 9 heteroatoms. The Labute approximate surface area is 120 Å². The summed E-state index contributed by atoms with van der Waals surface area (Å²) in [5.74, 6) is -0.308. The van der Waals surface area contributed by atoms with E-state index in [1.165, 1.54) is 0 Å². The van der Waals surface area contributed by atoms with Crippen molar-refractivity contribution in [2.45, 2.75) is 17.8 Å². The standard InChI is InChI=1S/C11H17N3O5S/c1-17-3-2-14-10(8-6-18-4-5-19-8)12-13-11(14)20-7-9(15)16/h8H,2-7H2,1H3,(H,15,16). The van der Waals surface area contributed by atoms with Crippen LogP contribution in [-0.2, 0) is 25.5 Å². The summed E-state index contributed by atoms with van der Waals surface area (Å²) >= 11 is 1.13. The summed E-state index contributed by atoms with van der Waals surface area (Å²) in [4.78, 5) is 10.7. The third-order valence-electron chi connectivity index (χ3n) is 2.69. The number of aromatic nitrogens is 3. The first-order chi connectivity index (χ1) is 9.72. The van der Waals surface area contributed by atoms with Gasteiger partial charge >= 0.3 is 5.97 Å². The molecule has 1 aliphatic rings. The van der Waals surface area contributed by atoms with Gasteiger partial charge in [0.05, 0.1) is 32.2 Å². The van der Waals surface area contributed by atoms with E-state index in [4.69, 9.17) is 19.3 Å². The fraction of sp³-hybridized carbons (Fsp3) is 0.727. The van der Waals surface area contributed by atoms with E-state index in [0.717, 1.165) is 11.8 Å². The molecule has 1 fully saturated rings. The van der Waals surface area contributed by atoms with Crippen LogP contribution in [-0.4, -0.2) is 65.1 Å². The molecular weight excluding hydrogens is 286 g/mol. The van der Waals surface area contributed by atoms with Gasteiger partial charge in [0.25, 0.3) is 0 Å². The maximum Gasteiger partial charge on any atom is 0.313 e. The first-order valence-corrected chi connectivity index (χ1v) is 7.17. The molecule has 1 aliphatic heterocycles. The molecular formula is C11H17N3O5S. The lowest BCUT2D eigenvalue weighted by molar-refractivity contribution is -0.133. The monoisotopic (exact) mass is 303 g/mol. The first kappa shape index (κ1) is 15.2. The van der Waals surface area contributed by atoms with Crippen molar-refractivity contribution in [3.8, 4) is 0 Å². The smallest absolute Gasteiger partial charge is 0.313 e. The van der Waals surface area contributed by atoms with Crippen LogP contribution in [0.5, 0.6) is 0 Å². The van der Waals surface area contributed by atoms with E-state index >= 15 is 0 Å². The van der Waals surface area contributed by atoms with Crippen LogP contribution < -0.4 is 0 Å². The minimum atomic E-state index is -0.893. The molecule has 112 valence electrons. The Morgan fingerprint density at radius 1 is 1.55 bits per heavy atom. The lowest BCUT2D eigenvalue weighted by Gasteiger charge is -2.22. The van der Waals surface area contributed by atoms with Gasteiger partial charge in [-0.3, -0.25) is 4.79 Å². The summed E-state index contributed by atoms with van der Waals surface area (Å²) in [6, 6.07) is 0. The van der Waals surface area contributed by atoms with Crippen molar-refractivity contribution in [3.05, 3.63) is 5.82 Å². The van der Waals surface area contributed by atoms with Crippen LogP contribution in [0.25, 0.3) is 0 Å². The number of ether oxygens (including phenoxy) is 3. The van der Waals surface area contributed by atoms with Crippen molar-refractivity contribution in [2.24, 2.45) is 0 Å². The lowest BCUT2D eigenvalue weighted by Crippen LogP contribution is -2.25. The van der Waals surface area contributed by atoms with E-state index in [2.05, 4.69) is 10.2 Å². The molecule has 0 spiro atoms. The molecule has 0 aromatic carbocycles. The average Bonchev–Trinajstić information content (AvgIpc) is 2.86. The number of thioether (sulfide) groups is 1. The quantitative estimate of drug-likeness (QED) is 0.713. The topological polar surface area (TPSA) is 95.7 Å². The van der Waals surface area contributed by atoms with Gasteiger partial charge in [0.2, 0.25) is 0 Å². The minimum Gasteiger partial charge on any atom is -0.481 e. The maximum atomic E-state index is 10.7. The van der Waals surface area contributed by atoms with Crippen molar-refractivity contribution in [1.82, 2.24) is 14.8 Å². The Kier molecular flexibility index (Phi) is 5.77. The summed E-state index contributed by atoms with van der Waals surface area (Å²) in [5, 5.41) is 17.4. The Morgan fingerprint density at radius 2 is 2.40 bits per heavy atom. The molecule has 1 aromatic rings.